The number of carbonyl (C=O) groups is 2. The van der Waals surface area contributed by atoms with Gasteiger partial charge in [0.05, 0.1) is 0 Å². The van der Waals surface area contributed by atoms with Gasteiger partial charge in [0, 0.05) is 23.8 Å². The molecule has 4 heterocycles. The van der Waals surface area contributed by atoms with Crippen molar-refractivity contribution in [3.05, 3.63) is 107 Å². The summed E-state index contributed by atoms with van der Waals surface area (Å²) in [6, 6.07) is 15.9. The summed E-state index contributed by atoms with van der Waals surface area (Å²) in [4.78, 5) is 37.3. The maximum absolute atomic E-state index is 9.98. The summed E-state index contributed by atoms with van der Waals surface area (Å²) in [7, 11) is 0. The molecule has 0 saturated heterocycles. The van der Waals surface area contributed by atoms with Crippen molar-refractivity contribution in [2.75, 3.05) is 0 Å². The number of allylic oxidation sites excluding steroid dienone is 4. The maximum atomic E-state index is 9.98. The van der Waals surface area contributed by atoms with E-state index in [1.807, 2.05) is 50.2 Å². The quantitative estimate of drug-likeness (QED) is 0.171. The van der Waals surface area contributed by atoms with Gasteiger partial charge in [0.25, 0.3) is 0 Å². The molecule has 8 nitrogen and oxygen atoms in total. The smallest absolute Gasteiger partial charge is 0.876 e. The Bertz CT molecular complexity index is 1310. The van der Waals surface area contributed by atoms with Crippen molar-refractivity contribution in [2.24, 2.45) is 0 Å². The van der Waals surface area contributed by atoms with E-state index in [-0.39, 0.29) is 63.9 Å². The first-order chi connectivity index (χ1) is 18.8. The van der Waals surface area contributed by atoms with Gasteiger partial charge < -0.3 is 20.2 Å². The summed E-state index contributed by atoms with van der Waals surface area (Å²) in [5.74, 6) is -0.750. The number of carbonyl (C=O) groups excluding carboxylic acids is 2. The Morgan fingerprint density at radius 2 is 0.976 bits per heavy atom. The van der Waals surface area contributed by atoms with Gasteiger partial charge in [-0.2, -0.15) is 11.4 Å². The van der Waals surface area contributed by atoms with Crippen LogP contribution < -0.4 is 20.2 Å². The molecule has 42 heavy (non-hydrogen) atoms. The average Bonchev–Trinajstić information content (AvgIpc) is 3.38. The molecular weight excluding hydrogens is 717 g/mol. The number of aryl methyl sites for hydroxylation is 4. The van der Waals surface area contributed by atoms with Gasteiger partial charge >= 0.3 is 40.8 Å². The number of ketones is 2. The third kappa shape index (κ3) is 16.8. The standard InChI is InChI=1S/2C11H11N2.2C5H8O2.2Pd/c2*1-8-7-9(2)13-11(8)10-5-3-4-6-12-10;2*1-4(6)3-5(2)7;;/h2*3-7H,1-2H3;2*3,6H,1-2H3;;/q2*-1;;;2*+2/p-2/b;;2*4-3-;;. The molecule has 228 valence electrons. The van der Waals surface area contributed by atoms with Crippen molar-refractivity contribution >= 4 is 11.6 Å². The molecule has 4 rings (SSSR count). The number of hydrogen-bond donors (Lipinski definition) is 0. The van der Waals surface area contributed by atoms with E-state index in [2.05, 4.69) is 45.9 Å². The second-order valence-electron chi connectivity index (χ2n) is 9.02. The molecule has 10 heteroatoms. The fourth-order valence-corrected chi connectivity index (χ4v) is 3.45. The summed E-state index contributed by atoms with van der Waals surface area (Å²) in [6.45, 7) is 13.5. The number of nitrogens with zero attached hydrogens (tertiary/aromatic N) is 4. The molecular formula is C32H36N4O4Pd2. The molecule has 0 amide bonds. The topological polar surface area (TPSA) is 134 Å². The van der Waals surface area contributed by atoms with Crippen LogP contribution in [0.15, 0.2) is 84.6 Å². The molecule has 0 spiro atoms. The number of pyridine rings is 2. The predicted octanol–water partition coefficient (Wildman–Crippen LogP) is 4.32. The average molecular weight is 754 g/mol. The minimum atomic E-state index is -0.187. The zero-order valence-corrected chi connectivity index (χ0v) is 28.1. The molecule has 0 atom stereocenters. The van der Waals surface area contributed by atoms with Crippen LogP contribution in [0, 0.1) is 27.7 Å². The van der Waals surface area contributed by atoms with Gasteiger partial charge in [0.15, 0.2) is 11.6 Å². The SMILES string of the molecule is CC(=O)/C=C(/C)[O-].CC(=O)/C=C(/C)[O-].Cc1cc(C)c(-c2ccccn2)[n-]1.Cc1cc(C)c(-c2ccccn2)[n-]1.[Pd+2].[Pd+2]. The monoisotopic (exact) mass is 752 g/mol. The third-order valence-corrected chi connectivity index (χ3v) is 4.80. The molecule has 0 N–H and O–H groups in total. The van der Waals surface area contributed by atoms with Crippen LogP contribution >= 0.6 is 0 Å². The molecule has 0 aromatic carbocycles. The minimum absolute atomic E-state index is 0. The Balaban J connectivity index is 0. The maximum Gasteiger partial charge on any atom is 2.00 e. The third-order valence-electron chi connectivity index (χ3n) is 4.80. The second-order valence-corrected chi connectivity index (χ2v) is 9.02. The minimum Gasteiger partial charge on any atom is -0.876 e. The van der Waals surface area contributed by atoms with E-state index in [1.165, 1.54) is 38.8 Å². The number of aromatic nitrogens is 4. The first-order valence-corrected chi connectivity index (χ1v) is 12.6. The van der Waals surface area contributed by atoms with Crippen molar-refractivity contribution < 1.29 is 60.6 Å². The van der Waals surface area contributed by atoms with E-state index in [0.717, 1.165) is 46.3 Å². The summed E-state index contributed by atoms with van der Waals surface area (Å²) in [5.41, 5.74) is 8.39. The van der Waals surface area contributed by atoms with Gasteiger partial charge in [-0.3, -0.25) is 19.6 Å². The molecule has 0 unspecified atom stereocenters. The molecule has 0 saturated carbocycles. The van der Waals surface area contributed by atoms with E-state index in [9.17, 15) is 19.8 Å². The van der Waals surface area contributed by atoms with Crippen LogP contribution in [0.2, 0.25) is 0 Å². The normalized spacial score (nSPS) is 10.2. The van der Waals surface area contributed by atoms with Crippen molar-refractivity contribution in [2.45, 2.75) is 55.4 Å². The van der Waals surface area contributed by atoms with Crippen molar-refractivity contribution in [1.82, 2.24) is 19.9 Å². The Morgan fingerprint density at radius 1 is 0.643 bits per heavy atom. The Labute approximate surface area is 276 Å². The molecule has 0 radical (unpaired) electrons. The molecule has 0 aliphatic carbocycles. The van der Waals surface area contributed by atoms with E-state index >= 15 is 0 Å². The van der Waals surface area contributed by atoms with Gasteiger partial charge in [-0.05, 0) is 64.1 Å². The predicted molar refractivity (Wildman–Crippen MR) is 154 cm³/mol. The summed E-state index contributed by atoms with van der Waals surface area (Å²) in [6.07, 6.45) is 5.69. The number of hydrogen-bond acceptors (Lipinski definition) is 6. The molecule has 0 aliphatic heterocycles. The van der Waals surface area contributed by atoms with Crippen LogP contribution in [0.5, 0.6) is 0 Å². The van der Waals surface area contributed by atoms with Crippen molar-refractivity contribution in [3.63, 3.8) is 0 Å². The van der Waals surface area contributed by atoms with Crippen molar-refractivity contribution in [3.8, 4) is 22.8 Å². The van der Waals surface area contributed by atoms with E-state index in [4.69, 9.17) is 0 Å². The van der Waals surface area contributed by atoms with Crippen LogP contribution in [-0.2, 0) is 50.4 Å². The Kier molecular flexibility index (Phi) is 20.7. The fraction of sp³-hybridized carbons (Fsp3) is 0.250. The van der Waals surface area contributed by atoms with Gasteiger partial charge in [-0.25, -0.2) is 0 Å². The van der Waals surface area contributed by atoms with E-state index < -0.39 is 0 Å². The molecule has 4 aromatic rings. The van der Waals surface area contributed by atoms with E-state index in [0.29, 0.717) is 0 Å². The van der Waals surface area contributed by atoms with Gasteiger partial charge in [0.1, 0.15) is 0 Å². The van der Waals surface area contributed by atoms with Crippen molar-refractivity contribution in [1.29, 1.82) is 0 Å². The van der Waals surface area contributed by atoms with Gasteiger partial charge in [-0.1, -0.05) is 63.1 Å². The molecule has 0 aliphatic rings. The molecule has 0 fully saturated rings. The molecule has 0 bridgehead atoms. The Morgan fingerprint density at radius 3 is 1.14 bits per heavy atom. The van der Waals surface area contributed by atoms with Gasteiger partial charge in [-0.15, -0.1) is 22.9 Å². The first-order valence-electron chi connectivity index (χ1n) is 12.6. The van der Waals surface area contributed by atoms with Crippen LogP contribution in [0.3, 0.4) is 0 Å². The largest absolute Gasteiger partial charge is 2.00 e. The first kappa shape index (κ1) is 40.7. The number of rotatable bonds is 4. The van der Waals surface area contributed by atoms with E-state index in [1.54, 1.807) is 12.4 Å². The zero-order chi connectivity index (χ0) is 30.2. The van der Waals surface area contributed by atoms with Crippen LogP contribution in [-0.4, -0.2) is 21.5 Å². The zero-order valence-electron chi connectivity index (χ0n) is 25.0. The molecule has 4 aromatic heterocycles. The second kappa shape index (κ2) is 21.3. The van der Waals surface area contributed by atoms with Crippen LogP contribution in [0.1, 0.15) is 50.2 Å². The summed E-state index contributed by atoms with van der Waals surface area (Å²) in [5, 5.41) is 20.0. The summed E-state index contributed by atoms with van der Waals surface area (Å²) < 4.78 is 0. The van der Waals surface area contributed by atoms with Crippen LogP contribution in [0.4, 0.5) is 0 Å². The van der Waals surface area contributed by atoms with Gasteiger partial charge in [0.2, 0.25) is 0 Å². The van der Waals surface area contributed by atoms with Crippen LogP contribution in [0.25, 0.3) is 22.8 Å². The fourth-order valence-electron chi connectivity index (χ4n) is 3.45. The Hall–Kier alpha value is -3.40. The summed E-state index contributed by atoms with van der Waals surface area (Å²) >= 11 is 0.